The molecule has 0 aromatic rings. The minimum atomic E-state index is -0.655. The van der Waals surface area contributed by atoms with Crippen LogP contribution in [0.4, 0.5) is 0 Å². The second-order valence-electron chi connectivity index (χ2n) is 4.90. The molecular formula is C11H20N2O2S. The first-order chi connectivity index (χ1) is 7.65. The third-order valence-corrected chi connectivity index (χ3v) is 4.96. The van der Waals surface area contributed by atoms with Gasteiger partial charge in [0.05, 0.1) is 0 Å². The molecule has 5 heteroatoms. The molecule has 3 N–H and O–H groups in total. The van der Waals surface area contributed by atoms with E-state index in [1.54, 1.807) is 0 Å². The fraction of sp³-hybridized carbons (Fsp3) is 0.909. The Morgan fingerprint density at radius 2 is 1.88 bits per heavy atom. The van der Waals surface area contributed by atoms with Gasteiger partial charge < -0.3 is 11.1 Å². The lowest BCUT2D eigenvalue weighted by atomic mass is 10.1. The summed E-state index contributed by atoms with van der Waals surface area (Å²) in [6.07, 6.45) is 4.43. The van der Waals surface area contributed by atoms with E-state index in [0.717, 1.165) is 43.6 Å². The van der Waals surface area contributed by atoms with Crippen LogP contribution in [0.5, 0.6) is 0 Å². The lowest BCUT2D eigenvalue weighted by molar-refractivity contribution is -0.125. The van der Waals surface area contributed by atoms with Crippen molar-refractivity contribution in [2.75, 3.05) is 11.5 Å². The lowest BCUT2D eigenvalue weighted by Crippen LogP contribution is -2.42. The zero-order chi connectivity index (χ0) is 11.5. The van der Waals surface area contributed by atoms with Crippen molar-refractivity contribution < 1.29 is 9.00 Å². The number of nitrogens with one attached hydrogen (secondary N) is 1. The van der Waals surface area contributed by atoms with Crippen molar-refractivity contribution in [3.05, 3.63) is 0 Å². The molecule has 0 aromatic heterocycles. The molecular weight excluding hydrogens is 224 g/mol. The van der Waals surface area contributed by atoms with Crippen LogP contribution < -0.4 is 11.1 Å². The van der Waals surface area contributed by atoms with Gasteiger partial charge in [0, 0.05) is 40.3 Å². The number of carbonyl (C=O) groups excluding carboxylic acids is 1. The number of rotatable bonds is 2. The first-order valence-electron chi connectivity index (χ1n) is 6.06. The third kappa shape index (κ3) is 3.04. The predicted octanol–water partition coefficient (Wildman–Crippen LogP) is 0.141. The zero-order valence-corrected chi connectivity index (χ0v) is 10.3. The van der Waals surface area contributed by atoms with E-state index in [2.05, 4.69) is 5.32 Å². The van der Waals surface area contributed by atoms with Gasteiger partial charge in [0.2, 0.25) is 5.91 Å². The van der Waals surface area contributed by atoms with Crippen LogP contribution in [0, 0.1) is 5.92 Å². The van der Waals surface area contributed by atoms with E-state index in [4.69, 9.17) is 5.73 Å². The average Bonchev–Trinajstić information content (AvgIpc) is 2.68. The van der Waals surface area contributed by atoms with Gasteiger partial charge in [0.15, 0.2) is 0 Å². The molecule has 2 atom stereocenters. The molecule has 2 rings (SSSR count). The Morgan fingerprint density at radius 3 is 2.44 bits per heavy atom. The van der Waals surface area contributed by atoms with E-state index in [9.17, 15) is 9.00 Å². The topological polar surface area (TPSA) is 72.2 Å². The van der Waals surface area contributed by atoms with Crippen LogP contribution in [-0.2, 0) is 15.6 Å². The Labute approximate surface area is 98.8 Å². The van der Waals surface area contributed by atoms with Crippen LogP contribution >= 0.6 is 0 Å². The molecule has 4 nitrogen and oxygen atoms in total. The van der Waals surface area contributed by atoms with Crippen LogP contribution in [0.2, 0.25) is 0 Å². The molecule has 1 saturated heterocycles. The minimum Gasteiger partial charge on any atom is -0.353 e. The first kappa shape index (κ1) is 12.0. The predicted molar refractivity (Wildman–Crippen MR) is 64.4 cm³/mol. The van der Waals surface area contributed by atoms with E-state index >= 15 is 0 Å². The van der Waals surface area contributed by atoms with Gasteiger partial charge in [0.1, 0.15) is 0 Å². The van der Waals surface area contributed by atoms with Gasteiger partial charge in [-0.25, -0.2) is 0 Å². The van der Waals surface area contributed by atoms with Crippen molar-refractivity contribution in [2.45, 2.75) is 44.2 Å². The van der Waals surface area contributed by atoms with Gasteiger partial charge in [-0.15, -0.1) is 0 Å². The van der Waals surface area contributed by atoms with Gasteiger partial charge >= 0.3 is 0 Å². The molecule has 1 heterocycles. The molecule has 2 fully saturated rings. The number of carbonyl (C=O) groups is 1. The van der Waals surface area contributed by atoms with Crippen molar-refractivity contribution in [3.63, 3.8) is 0 Å². The number of hydrogen-bond donors (Lipinski definition) is 2. The Morgan fingerprint density at radius 1 is 1.19 bits per heavy atom. The molecule has 16 heavy (non-hydrogen) atoms. The highest BCUT2D eigenvalue weighted by Crippen LogP contribution is 2.24. The highest BCUT2D eigenvalue weighted by molar-refractivity contribution is 7.85. The quantitative estimate of drug-likeness (QED) is 0.726. The summed E-state index contributed by atoms with van der Waals surface area (Å²) in [6, 6.07) is 0.441. The average molecular weight is 244 g/mol. The molecule has 0 bridgehead atoms. The summed E-state index contributed by atoms with van der Waals surface area (Å²) >= 11 is 0. The standard InChI is InChI=1S/C11H20N2O2S/c12-9-2-1-8(7-9)11(14)13-10-3-5-16(15)6-4-10/h8-10H,1-7,12H2,(H,13,14). The number of amides is 1. The normalized spacial score (nSPS) is 39.6. The fourth-order valence-electron chi connectivity index (χ4n) is 2.51. The van der Waals surface area contributed by atoms with Crippen LogP contribution in [0.15, 0.2) is 0 Å². The van der Waals surface area contributed by atoms with Crippen LogP contribution in [-0.4, -0.2) is 33.7 Å². The molecule has 0 aromatic carbocycles. The molecule has 1 aliphatic carbocycles. The van der Waals surface area contributed by atoms with Gasteiger partial charge in [-0.3, -0.25) is 9.00 Å². The second-order valence-corrected chi connectivity index (χ2v) is 6.60. The smallest absolute Gasteiger partial charge is 0.223 e. The van der Waals surface area contributed by atoms with Gasteiger partial charge in [-0.05, 0) is 32.1 Å². The van der Waals surface area contributed by atoms with E-state index in [1.165, 1.54) is 0 Å². The largest absolute Gasteiger partial charge is 0.353 e. The summed E-state index contributed by atoms with van der Waals surface area (Å²) in [7, 11) is -0.655. The van der Waals surface area contributed by atoms with Gasteiger partial charge in [0.25, 0.3) is 0 Å². The molecule has 0 spiro atoms. The molecule has 1 aliphatic heterocycles. The SMILES string of the molecule is NC1CCC(C(=O)NC2CCS(=O)CC2)C1. The molecule has 0 radical (unpaired) electrons. The molecule has 1 amide bonds. The summed E-state index contributed by atoms with van der Waals surface area (Å²) < 4.78 is 11.2. The zero-order valence-electron chi connectivity index (χ0n) is 9.48. The minimum absolute atomic E-state index is 0.113. The van der Waals surface area contributed by atoms with Crippen molar-refractivity contribution in [1.29, 1.82) is 0 Å². The Kier molecular flexibility index (Phi) is 3.97. The molecule has 2 aliphatic rings. The maximum absolute atomic E-state index is 11.9. The van der Waals surface area contributed by atoms with Crippen molar-refractivity contribution in [1.82, 2.24) is 5.32 Å². The molecule has 2 unspecified atom stereocenters. The Bertz CT molecular complexity index is 286. The van der Waals surface area contributed by atoms with Gasteiger partial charge in [-0.2, -0.15) is 0 Å². The molecule has 92 valence electrons. The fourth-order valence-corrected chi connectivity index (χ4v) is 3.81. The van der Waals surface area contributed by atoms with Crippen LogP contribution in [0.3, 0.4) is 0 Å². The van der Waals surface area contributed by atoms with E-state index in [0.29, 0.717) is 0 Å². The second kappa shape index (κ2) is 5.27. The highest BCUT2D eigenvalue weighted by atomic mass is 32.2. The summed E-state index contributed by atoms with van der Waals surface area (Å²) in [4.78, 5) is 11.9. The summed E-state index contributed by atoms with van der Waals surface area (Å²) in [5.74, 6) is 1.73. The van der Waals surface area contributed by atoms with E-state index < -0.39 is 10.8 Å². The third-order valence-electron chi connectivity index (χ3n) is 3.58. The number of hydrogen-bond acceptors (Lipinski definition) is 3. The summed E-state index contributed by atoms with van der Waals surface area (Å²) in [5.41, 5.74) is 5.79. The monoisotopic (exact) mass is 244 g/mol. The van der Waals surface area contributed by atoms with Crippen molar-refractivity contribution in [2.24, 2.45) is 11.7 Å². The van der Waals surface area contributed by atoms with Crippen LogP contribution in [0.1, 0.15) is 32.1 Å². The van der Waals surface area contributed by atoms with Crippen molar-refractivity contribution in [3.8, 4) is 0 Å². The van der Waals surface area contributed by atoms with E-state index in [-0.39, 0.29) is 23.9 Å². The van der Waals surface area contributed by atoms with Crippen LogP contribution in [0.25, 0.3) is 0 Å². The first-order valence-corrected chi connectivity index (χ1v) is 7.55. The maximum Gasteiger partial charge on any atom is 0.223 e. The summed E-state index contributed by atoms with van der Waals surface area (Å²) in [5, 5.41) is 3.07. The Hall–Kier alpha value is -0.420. The van der Waals surface area contributed by atoms with Gasteiger partial charge in [-0.1, -0.05) is 0 Å². The Balaban J connectivity index is 1.77. The molecule has 1 saturated carbocycles. The maximum atomic E-state index is 11.9. The summed E-state index contributed by atoms with van der Waals surface area (Å²) in [6.45, 7) is 0. The van der Waals surface area contributed by atoms with E-state index in [1.807, 2.05) is 0 Å². The number of nitrogens with two attached hydrogens (primary N) is 1. The lowest BCUT2D eigenvalue weighted by Gasteiger charge is -2.24. The highest BCUT2D eigenvalue weighted by Gasteiger charge is 2.29. The van der Waals surface area contributed by atoms with Crippen molar-refractivity contribution >= 4 is 16.7 Å².